The molecule has 1 atom stereocenters. The number of hydrogen-bond acceptors (Lipinski definition) is 2. The Morgan fingerprint density at radius 2 is 1.82 bits per heavy atom. The van der Waals surface area contributed by atoms with Crippen LogP contribution in [0, 0.1) is 6.92 Å². The average molecular weight is 292 g/mol. The molecule has 0 fully saturated rings. The Labute approximate surface area is 133 Å². The molecule has 0 aromatic heterocycles. The van der Waals surface area contributed by atoms with Gasteiger partial charge in [0, 0.05) is 13.3 Å². The molecule has 2 aromatic carbocycles. The Balaban J connectivity index is 2.13. The van der Waals surface area contributed by atoms with E-state index in [-0.39, 0.29) is 5.54 Å². The predicted octanol–water partition coefficient (Wildman–Crippen LogP) is 5.19. The molecule has 0 saturated carbocycles. The molecule has 1 aliphatic heterocycles. The molecular weight excluding hydrogens is 268 g/mol. The van der Waals surface area contributed by atoms with E-state index in [4.69, 9.17) is 4.99 Å². The van der Waals surface area contributed by atoms with Gasteiger partial charge in [0.15, 0.2) is 0 Å². The minimum Gasteiger partial charge on any atom is -0.358 e. The second kappa shape index (κ2) is 5.28. The van der Waals surface area contributed by atoms with E-state index in [1.807, 2.05) is 0 Å². The zero-order chi connectivity index (χ0) is 15.9. The average Bonchev–Trinajstić information content (AvgIpc) is 2.51. The Morgan fingerprint density at radius 1 is 1.09 bits per heavy atom. The third kappa shape index (κ3) is 2.23. The van der Waals surface area contributed by atoms with Crippen LogP contribution in [0.3, 0.4) is 0 Å². The van der Waals surface area contributed by atoms with Crippen molar-refractivity contribution in [3.05, 3.63) is 59.2 Å². The van der Waals surface area contributed by atoms with Crippen molar-refractivity contribution in [2.24, 2.45) is 4.99 Å². The molecule has 0 N–H and O–H groups in total. The van der Waals surface area contributed by atoms with Gasteiger partial charge in [-0.05, 0) is 48.6 Å². The number of hydrogen-bond donors (Lipinski definition) is 0. The fourth-order valence-corrected chi connectivity index (χ4v) is 3.20. The molecule has 0 spiro atoms. The fraction of sp³-hybridized carbons (Fsp3) is 0.350. The van der Waals surface area contributed by atoms with E-state index in [1.54, 1.807) is 0 Å². The maximum atomic E-state index is 4.75. The summed E-state index contributed by atoms with van der Waals surface area (Å²) in [5, 5.41) is 0. The van der Waals surface area contributed by atoms with Crippen molar-refractivity contribution < 1.29 is 0 Å². The summed E-state index contributed by atoms with van der Waals surface area (Å²) < 4.78 is 0. The maximum absolute atomic E-state index is 4.75. The summed E-state index contributed by atoms with van der Waals surface area (Å²) in [4.78, 5) is 7.10. The van der Waals surface area contributed by atoms with E-state index >= 15 is 0 Å². The molecule has 1 aliphatic rings. The molecule has 22 heavy (non-hydrogen) atoms. The standard InChI is InChI=1S/C20H24N2/c1-14(2)16-10-11-18-19(12-16)22(5)20(4,13-21-18)17-9-7-6-8-15(17)3/h6-14H,1-5H3. The SMILES string of the molecule is Cc1ccccc1C1(C)C=Nc2ccc(C(C)C)cc2N1C. The minimum atomic E-state index is -0.214. The third-order valence-corrected chi connectivity index (χ3v) is 4.87. The number of rotatable bonds is 2. The molecule has 3 rings (SSSR count). The van der Waals surface area contributed by atoms with Gasteiger partial charge in [0.05, 0.1) is 16.9 Å². The van der Waals surface area contributed by atoms with E-state index < -0.39 is 0 Å². The fourth-order valence-electron chi connectivity index (χ4n) is 3.20. The number of aryl methyl sites for hydroxylation is 1. The molecule has 2 nitrogen and oxygen atoms in total. The van der Waals surface area contributed by atoms with Crippen LogP contribution < -0.4 is 4.90 Å². The first-order valence-electron chi connectivity index (χ1n) is 7.92. The van der Waals surface area contributed by atoms with Crippen molar-refractivity contribution >= 4 is 17.6 Å². The molecule has 2 heteroatoms. The van der Waals surface area contributed by atoms with Crippen molar-refractivity contribution in [1.29, 1.82) is 0 Å². The molecule has 0 saturated heterocycles. The summed E-state index contributed by atoms with van der Waals surface area (Å²) in [6.45, 7) is 8.87. The lowest BCUT2D eigenvalue weighted by Crippen LogP contribution is -2.45. The van der Waals surface area contributed by atoms with E-state index in [1.165, 1.54) is 22.4 Å². The zero-order valence-corrected chi connectivity index (χ0v) is 14.1. The van der Waals surface area contributed by atoms with Crippen molar-refractivity contribution in [2.45, 2.75) is 39.2 Å². The van der Waals surface area contributed by atoms with Gasteiger partial charge in [-0.15, -0.1) is 0 Å². The van der Waals surface area contributed by atoms with Gasteiger partial charge >= 0.3 is 0 Å². The molecule has 0 aliphatic carbocycles. The van der Waals surface area contributed by atoms with Crippen LogP contribution in [0.25, 0.3) is 0 Å². The van der Waals surface area contributed by atoms with Crippen molar-refractivity contribution in [1.82, 2.24) is 0 Å². The molecule has 0 radical (unpaired) electrons. The van der Waals surface area contributed by atoms with Crippen molar-refractivity contribution in [3.63, 3.8) is 0 Å². The van der Waals surface area contributed by atoms with Gasteiger partial charge in [-0.3, -0.25) is 4.99 Å². The Bertz CT molecular complexity index is 730. The lowest BCUT2D eigenvalue weighted by atomic mass is 9.86. The highest BCUT2D eigenvalue weighted by Crippen LogP contribution is 2.42. The van der Waals surface area contributed by atoms with Gasteiger partial charge in [0.25, 0.3) is 0 Å². The van der Waals surface area contributed by atoms with Gasteiger partial charge in [0.1, 0.15) is 0 Å². The number of fused-ring (bicyclic) bond motifs is 1. The highest BCUT2D eigenvalue weighted by Gasteiger charge is 2.35. The highest BCUT2D eigenvalue weighted by atomic mass is 15.2. The summed E-state index contributed by atoms with van der Waals surface area (Å²) >= 11 is 0. The molecule has 0 bridgehead atoms. The van der Waals surface area contributed by atoms with Gasteiger partial charge in [-0.2, -0.15) is 0 Å². The second-order valence-electron chi connectivity index (χ2n) is 6.68. The zero-order valence-electron chi connectivity index (χ0n) is 14.1. The molecule has 1 unspecified atom stereocenters. The van der Waals surface area contributed by atoms with Gasteiger partial charge in [-0.25, -0.2) is 0 Å². The monoisotopic (exact) mass is 292 g/mol. The molecular formula is C20H24N2. The number of anilines is 1. The van der Waals surface area contributed by atoms with Crippen molar-refractivity contribution in [2.75, 3.05) is 11.9 Å². The van der Waals surface area contributed by atoms with E-state index in [0.717, 1.165) is 5.69 Å². The Hall–Kier alpha value is -2.09. The second-order valence-corrected chi connectivity index (χ2v) is 6.68. The first-order chi connectivity index (χ1) is 10.4. The number of nitrogens with zero attached hydrogens (tertiary/aromatic N) is 2. The lowest BCUT2D eigenvalue weighted by Gasteiger charge is -2.42. The normalized spacial score (nSPS) is 20.4. The van der Waals surface area contributed by atoms with Crippen LogP contribution in [0.5, 0.6) is 0 Å². The lowest BCUT2D eigenvalue weighted by molar-refractivity contribution is 0.623. The molecule has 114 valence electrons. The number of aliphatic imine (C=N–C) groups is 1. The topological polar surface area (TPSA) is 15.6 Å². The van der Waals surface area contributed by atoms with Crippen LogP contribution in [0.15, 0.2) is 47.5 Å². The predicted molar refractivity (Wildman–Crippen MR) is 95.6 cm³/mol. The summed E-state index contributed by atoms with van der Waals surface area (Å²) in [5.74, 6) is 0.523. The van der Waals surface area contributed by atoms with E-state index in [2.05, 4.69) is 88.3 Å². The summed E-state index contributed by atoms with van der Waals surface area (Å²) in [6, 6.07) is 15.2. The Morgan fingerprint density at radius 3 is 2.50 bits per heavy atom. The summed E-state index contributed by atoms with van der Waals surface area (Å²) in [7, 11) is 2.17. The quantitative estimate of drug-likeness (QED) is 0.744. The van der Waals surface area contributed by atoms with Crippen molar-refractivity contribution in [3.8, 4) is 0 Å². The van der Waals surface area contributed by atoms with Gasteiger partial charge in [-0.1, -0.05) is 44.2 Å². The smallest absolute Gasteiger partial charge is 0.0979 e. The van der Waals surface area contributed by atoms with Crippen LogP contribution in [0.2, 0.25) is 0 Å². The highest BCUT2D eigenvalue weighted by molar-refractivity contribution is 5.89. The van der Waals surface area contributed by atoms with Crippen LogP contribution in [0.4, 0.5) is 11.4 Å². The molecule has 2 aromatic rings. The largest absolute Gasteiger partial charge is 0.358 e. The van der Waals surface area contributed by atoms with E-state index in [0.29, 0.717) is 5.92 Å². The number of benzene rings is 2. The summed E-state index contributed by atoms with van der Waals surface area (Å²) in [6.07, 6.45) is 2.08. The summed E-state index contributed by atoms with van der Waals surface area (Å²) in [5.41, 5.74) is 6.01. The van der Waals surface area contributed by atoms with Gasteiger partial charge in [0.2, 0.25) is 0 Å². The van der Waals surface area contributed by atoms with Gasteiger partial charge < -0.3 is 4.90 Å². The van der Waals surface area contributed by atoms with Crippen LogP contribution >= 0.6 is 0 Å². The molecule has 1 heterocycles. The molecule has 0 amide bonds. The maximum Gasteiger partial charge on any atom is 0.0979 e. The third-order valence-electron chi connectivity index (χ3n) is 4.87. The van der Waals surface area contributed by atoms with Crippen LogP contribution in [0.1, 0.15) is 43.4 Å². The first-order valence-corrected chi connectivity index (χ1v) is 7.92. The van der Waals surface area contributed by atoms with Crippen LogP contribution in [-0.2, 0) is 5.54 Å². The van der Waals surface area contributed by atoms with E-state index in [9.17, 15) is 0 Å². The first kappa shape index (κ1) is 14.8. The Kier molecular flexibility index (Phi) is 3.56. The van der Waals surface area contributed by atoms with Crippen LogP contribution in [-0.4, -0.2) is 13.3 Å². The minimum absolute atomic E-state index is 0.214.